The Bertz CT molecular complexity index is 969. The van der Waals surface area contributed by atoms with E-state index in [2.05, 4.69) is 41.9 Å². The van der Waals surface area contributed by atoms with Gasteiger partial charge in [-0.25, -0.2) is 0 Å². The van der Waals surface area contributed by atoms with Crippen LogP contribution < -0.4 is 0 Å². The molecule has 0 radical (unpaired) electrons. The van der Waals surface area contributed by atoms with Crippen LogP contribution in [0.1, 0.15) is 66.1 Å². The lowest BCUT2D eigenvalue weighted by Gasteiger charge is -2.12. The third kappa shape index (κ3) is 7.32. The second-order valence-electron chi connectivity index (χ2n) is 6.93. The zero-order chi connectivity index (χ0) is 22.7. The Labute approximate surface area is 188 Å². The zero-order valence-electron chi connectivity index (χ0n) is 18.4. The van der Waals surface area contributed by atoms with Crippen molar-refractivity contribution in [2.45, 2.75) is 60.3 Å². The Morgan fingerprint density at radius 3 is 1.97 bits per heavy atom. The Kier molecular flexibility index (Phi) is 10.9. The van der Waals surface area contributed by atoms with Gasteiger partial charge in [0.05, 0.1) is 29.9 Å². The topological polar surface area (TPSA) is 73.9 Å². The number of nitrogens with zero attached hydrogens (tertiary/aromatic N) is 2. The monoisotopic (exact) mass is 468 g/mol. The van der Waals surface area contributed by atoms with E-state index in [-0.39, 0.29) is 5.97 Å². The van der Waals surface area contributed by atoms with Crippen molar-refractivity contribution in [3.05, 3.63) is 67.7 Å². The van der Waals surface area contributed by atoms with E-state index >= 15 is 0 Å². The van der Waals surface area contributed by atoms with E-state index in [0.717, 1.165) is 39.6 Å². The molecule has 2 aromatic carbocycles. The molecule has 0 spiro atoms. The van der Waals surface area contributed by atoms with Gasteiger partial charge in [-0.2, -0.15) is 10.5 Å². The van der Waals surface area contributed by atoms with Gasteiger partial charge in [0.1, 0.15) is 0 Å². The highest BCUT2D eigenvalue weighted by Crippen LogP contribution is 2.23. The minimum Gasteiger partial charge on any atom is -0.466 e. The molecule has 158 valence electrons. The number of carbonyl (C=O) groups excluding carboxylic acids is 1. The fourth-order valence-corrected chi connectivity index (χ4v) is 3.76. The van der Waals surface area contributed by atoms with Crippen molar-refractivity contribution in [2.75, 3.05) is 6.61 Å². The van der Waals surface area contributed by atoms with Crippen LogP contribution in [-0.2, 0) is 28.8 Å². The second-order valence-corrected chi connectivity index (χ2v) is 7.73. The molecule has 4 nitrogen and oxygen atoms in total. The molecule has 2 aromatic rings. The summed E-state index contributed by atoms with van der Waals surface area (Å²) in [7, 11) is 0. The highest BCUT2D eigenvalue weighted by atomic mass is 79.9. The largest absolute Gasteiger partial charge is 0.466 e. The molecule has 0 unspecified atom stereocenters. The number of halogens is 1. The maximum absolute atomic E-state index is 11.4. The fourth-order valence-electron chi connectivity index (χ4n) is 3.25. The van der Waals surface area contributed by atoms with E-state index in [9.17, 15) is 4.79 Å². The summed E-state index contributed by atoms with van der Waals surface area (Å²) in [5.41, 5.74) is 7.16. The van der Waals surface area contributed by atoms with Gasteiger partial charge in [-0.05, 0) is 92.1 Å². The Morgan fingerprint density at radius 1 is 0.933 bits per heavy atom. The number of rotatable bonds is 6. The van der Waals surface area contributed by atoms with Crippen molar-refractivity contribution in [1.82, 2.24) is 0 Å². The molecule has 5 heteroatoms. The molecule has 0 saturated heterocycles. The van der Waals surface area contributed by atoms with E-state index in [1.807, 2.05) is 45.0 Å². The summed E-state index contributed by atoms with van der Waals surface area (Å²) < 4.78 is 6.06. The average Bonchev–Trinajstić information content (AvgIpc) is 2.74. The SMILES string of the molecule is CCOC(=O)CCc1c(C)cc(C#N)cc1CC.CCc1cc(C#N)cc(C)c1Br. The summed E-state index contributed by atoms with van der Waals surface area (Å²) in [6.45, 7) is 10.4. The van der Waals surface area contributed by atoms with E-state index in [1.54, 1.807) is 0 Å². The van der Waals surface area contributed by atoms with Crippen molar-refractivity contribution in [1.29, 1.82) is 10.5 Å². The Balaban J connectivity index is 0.000000325. The second kappa shape index (κ2) is 12.8. The first-order valence-corrected chi connectivity index (χ1v) is 11.0. The van der Waals surface area contributed by atoms with Crippen LogP contribution in [0, 0.1) is 36.5 Å². The lowest BCUT2D eigenvalue weighted by Crippen LogP contribution is -2.07. The molecular formula is C25H29BrN2O2. The van der Waals surface area contributed by atoms with Crippen LogP contribution >= 0.6 is 15.9 Å². The Morgan fingerprint density at radius 2 is 1.47 bits per heavy atom. The van der Waals surface area contributed by atoms with Crippen LogP contribution in [-0.4, -0.2) is 12.6 Å². The maximum atomic E-state index is 11.4. The van der Waals surface area contributed by atoms with Gasteiger partial charge in [-0.3, -0.25) is 4.79 Å². The van der Waals surface area contributed by atoms with Gasteiger partial charge in [-0.1, -0.05) is 29.8 Å². The summed E-state index contributed by atoms with van der Waals surface area (Å²) >= 11 is 3.49. The third-order valence-corrected chi connectivity index (χ3v) is 5.93. The predicted molar refractivity (Wildman–Crippen MR) is 123 cm³/mol. The number of carbonyl (C=O) groups is 1. The first-order chi connectivity index (χ1) is 14.3. The summed E-state index contributed by atoms with van der Waals surface area (Å²) in [5, 5.41) is 17.6. The van der Waals surface area contributed by atoms with Gasteiger partial charge in [0.25, 0.3) is 0 Å². The van der Waals surface area contributed by atoms with Crippen LogP contribution in [0.5, 0.6) is 0 Å². The predicted octanol–water partition coefficient (Wildman–Crippen LogP) is 6.12. The van der Waals surface area contributed by atoms with Gasteiger partial charge >= 0.3 is 5.97 Å². The normalized spacial score (nSPS) is 9.73. The molecule has 0 heterocycles. The number of nitriles is 2. The number of esters is 1. The smallest absolute Gasteiger partial charge is 0.306 e. The van der Waals surface area contributed by atoms with Crippen LogP contribution in [0.3, 0.4) is 0 Å². The van der Waals surface area contributed by atoms with Gasteiger partial charge in [0, 0.05) is 10.9 Å². The molecule has 0 aliphatic rings. The lowest BCUT2D eigenvalue weighted by atomic mass is 9.94. The quantitative estimate of drug-likeness (QED) is 0.478. The highest BCUT2D eigenvalue weighted by molar-refractivity contribution is 9.10. The van der Waals surface area contributed by atoms with Crippen LogP contribution in [0.2, 0.25) is 0 Å². The van der Waals surface area contributed by atoms with Crippen molar-refractivity contribution in [2.24, 2.45) is 0 Å². The molecule has 0 aromatic heterocycles. The van der Waals surface area contributed by atoms with E-state index in [1.165, 1.54) is 11.1 Å². The lowest BCUT2D eigenvalue weighted by molar-refractivity contribution is -0.143. The summed E-state index contributed by atoms with van der Waals surface area (Å²) in [5.74, 6) is -0.164. The Hall–Kier alpha value is -2.63. The van der Waals surface area contributed by atoms with Crippen molar-refractivity contribution < 1.29 is 9.53 Å². The van der Waals surface area contributed by atoms with Crippen LogP contribution in [0.4, 0.5) is 0 Å². The first-order valence-electron chi connectivity index (χ1n) is 10.2. The average molecular weight is 469 g/mol. The summed E-state index contributed by atoms with van der Waals surface area (Å²) in [4.78, 5) is 11.4. The van der Waals surface area contributed by atoms with Gasteiger partial charge in [0.2, 0.25) is 0 Å². The minimum atomic E-state index is -0.164. The first kappa shape index (κ1) is 25.4. The molecule has 0 aliphatic heterocycles. The molecule has 0 bridgehead atoms. The van der Waals surface area contributed by atoms with Crippen LogP contribution in [0.15, 0.2) is 28.7 Å². The molecule has 0 atom stereocenters. The fraction of sp³-hybridized carbons (Fsp3) is 0.400. The minimum absolute atomic E-state index is 0.164. The molecule has 0 fully saturated rings. The van der Waals surface area contributed by atoms with Crippen molar-refractivity contribution in [3.8, 4) is 12.1 Å². The van der Waals surface area contributed by atoms with Crippen molar-refractivity contribution in [3.63, 3.8) is 0 Å². The molecule has 0 amide bonds. The molecule has 0 aliphatic carbocycles. The molecular weight excluding hydrogens is 440 g/mol. The number of hydrogen-bond acceptors (Lipinski definition) is 4. The molecule has 0 saturated carbocycles. The summed E-state index contributed by atoms with van der Waals surface area (Å²) in [6.07, 6.45) is 2.90. The number of aryl methyl sites for hydroxylation is 4. The van der Waals surface area contributed by atoms with E-state index in [0.29, 0.717) is 25.0 Å². The maximum Gasteiger partial charge on any atom is 0.306 e. The molecule has 0 N–H and O–H groups in total. The number of hydrogen-bond donors (Lipinski definition) is 0. The molecule has 30 heavy (non-hydrogen) atoms. The summed E-state index contributed by atoms with van der Waals surface area (Å²) in [6, 6.07) is 11.9. The van der Waals surface area contributed by atoms with E-state index in [4.69, 9.17) is 15.3 Å². The van der Waals surface area contributed by atoms with E-state index < -0.39 is 0 Å². The third-order valence-electron chi connectivity index (χ3n) is 4.80. The van der Waals surface area contributed by atoms with Gasteiger partial charge < -0.3 is 4.74 Å². The van der Waals surface area contributed by atoms with Crippen LogP contribution in [0.25, 0.3) is 0 Å². The highest BCUT2D eigenvalue weighted by Gasteiger charge is 2.10. The number of ether oxygens (including phenoxy) is 1. The zero-order valence-corrected chi connectivity index (χ0v) is 20.0. The standard InChI is InChI=1S/C15H19NO2.C10H10BrN/c1-4-13-9-12(10-16)8-11(3)14(13)6-7-15(17)18-5-2;1-3-9-5-8(6-12)4-7(2)10(9)11/h8-9H,4-7H2,1-3H3;4-5H,3H2,1-2H3. The number of benzene rings is 2. The van der Waals surface area contributed by atoms with Crippen molar-refractivity contribution >= 4 is 21.9 Å². The van der Waals surface area contributed by atoms with Gasteiger partial charge in [0.15, 0.2) is 0 Å². The van der Waals surface area contributed by atoms with Gasteiger partial charge in [-0.15, -0.1) is 0 Å². The molecule has 2 rings (SSSR count).